The van der Waals surface area contributed by atoms with Gasteiger partial charge in [-0.05, 0) is 35.7 Å². The summed E-state index contributed by atoms with van der Waals surface area (Å²) >= 11 is 0. The van der Waals surface area contributed by atoms with Gasteiger partial charge in [-0.15, -0.1) is 0 Å². The van der Waals surface area contributed by atoms with Crippen LogP contribution >= 0.6 is 0 Å². The fourth-order valence-corrected chi connectivity index (χ4v) is 4.19. The second-order valence-electron chi connectivity index (χ2n) is 7.46. The number of rotatable bonds is 6. The third-order valence-electron chi connectivity index (χ3n) is 5.62. The van der Waals surface area contributed by atoms with Gasteiger partial charge in [-0.25, -0.2) is 4.39 Å². The Bertz CT molecular complexity index is 828. The number of anilines is 1. The number of nitrogens with zero attached hydrogens (tertiary/aromatic N) is 2. The van der Waals surface area contributed by atoms with Gasteiger partial charge in [0.15, 0.2) is 0 Å². The molecule has 2 heterocycles. The van der Waals surface area contributed by atoms with E-state index in [9.17, 15) is 9.18 Å². The minimum atomic E-state index is -0.238. The number of hydrogen-bond acceptors (Lipinski definition) is 4. The smallest absolute Gasteiger partial charge is 0.234 e. The second kappa shape index (κ2) is 8.71. The first-order valence-corrected chi connectivity index (χ1v) is 10.0. The molecule has 2 aromatic rings. The summed E-state index contributed by atoms with van der Waals surface area (Å²) in [6.45, 7) is 5.12. The highest BCUT2D eigenvalue weighted by Gasteiger charge is 2.26. The van der Waals surface area contributed by atoms with Crippen LogP contribution in [-0.2, 0) is 11.2 Å². The van der Waals surface area contributed by atoms with Crippen molar-refractivity contribution in [2.45, 2.75) is 12.5 Å². The van der Waals surface area contributed by atoms with Gasteiger partial charge in [0.2, 0.25) is 5.91 Å². The van der Waals surface area contributed by atoms with Crippen LogP contribution < -0.4 is 15.5 Å². The van der Waals surface area contributed by atoms with Crippen LogP contribution in [0.2, 0.25) is 0 Å². The maximum absolute atomic E-state index is 13.6. The van der Waals surface area contributed by atoms with Gasteiger partial charge in [0.05, 0.1) is 6.54 Å². The molecule has 1 atom stereocenters. The molecule has 1 unspecified atom stereocenters. The Balaban J connectivity index is 1.29. The third-order valence-corrected chi connectivity index (χ3v) is 5.62. The topological polar surface area (TPSA) is 47.6 Å². The molecule has 0 saturated carbocycles. The summed E-state index contributed by atoms with van der Waals surface area (Å²) in [7, 11) is 0. The van der Waals surface area contributed by atoms with Gasteiger partial charge in [0.1, 0.15) is 5.82 Å². The molecule has 0 bridgehead atoms. The lowest BCUT2D eigenvalue weighted by molar-refractivity contribution is -0.123. The third kappa shape index (κ3) is 4.34. The molecule has 2 aromatic carbocycles. The predicted molar refractivity (Wildman–Crippen MR) is 109 cm³/mol. The Morgan fingerprint density at radius 2 is 2.07 bits per heavy atom. The molecular weight excluding hydrogens is 355 g/mol. The average molecular weight is 382 g/mol. The van der Waals surface area contributed by atoms with E-state index in [-0.39, 0.29) is 17.8 Å². The second-order valence-corrected chi connectivity index (χ2v) is 7.46. The Morgan fingerprint density at radius 3 is 2.96 bits per heavy atom. The number of para-hydroxylation sites is 1. The van der Waals surface area contributed by atoms with Crippen LogP contribution in [0.1, 0.15) is 17.2 Å². The molecule has 1 fully saturated rings. The summed E-state index contributed by atoms with van der Waals surface area (Å²) in [5, 5.41) is 6.40. The first-order valence-electron chi connectivity index (χ1n) is 10.0. The van der Waals surface area contributed by atoms with Crippen molar-refractivity contribution in [2.24, 2.45) is 0 Å². The number of carbonyl (C=O) groups is 1. The highest BCUT2D eigenvalue weighted by atomic mass is 19.1. The lowest BCUT2D eigenvalue weighted by atomic mass is 10.0. The van der Waals surface area contributed by atoms with E-state index in [1.54, 1.807) is 12.1 Å². The number of nitrogens with one attached hydrogen (secondary N) is 2. The molecule has 4 rings (SSSR count). The van der Waals surface area contributed by atoms with E-state index in [4.69, 9.17) is 0 Å². The van der Waals surface area contributed by atoms with Crippen molar-refractivity contribution in [2.75, 3.05) is 50.7 Å². The highest BCUT2D eigenvalue weighted by molar-refractivity contribution is 5.78. The van der Waals surface area contributed by atoms with Gasteiger partial charge in [0, 0.05) is 51.0 Å². The van der Waals surface area contributed by atoms with E-state index in [1.165, 1.54) is 17.3 Å². The quantitative estimate of drug-likeness (QED) is 0.802. The highest BCUT2D eigenvalue weighted by Crippen LogP contribution is 2.26. The zero-order valence-electron chi connectivity index (χ0n) is 16.0. The maximum atomic E-state index is 13.6. The summed E-state index contributed by atoms with van der Waals surface area (Å²) in [5.41, 5.74) is 3.58. The fraction of sp³-hybridized carbons (Fsp3) is 0.409. The van der Waals surface area contributed by atoms with Crippen LogP contribution in [-0.4, -0.2) is 56.6 Å². The molecule has 0 radical (unpaired) electrons. The van der Waals surface area contributed by atoms with E-state index in [1.807, 2.05) is 6.07 Å². The van der Waals surface area contributed by atoms with E-state index < -0.39 is 0 Å². The van der Waals surface area contributed by atoms with E-state index in [0.29, 0.717) is 13.1 Å². The number of piperazine rings is 1. The molecule has 2 N–H and O–H groups in total. The van der Waals surface area contributed by atoms with Crippen molar-refractivity contribution >= 4 is 11.6 Å². The van der Waals surface area contributed by atoms with Crippen LogP contribution in [0.5, 0.6) is 0 Å². The van der Waals surface area contributed by atoms with Crippen molar-refractivity contribution in [1.29, 1.82) is 0 Å². The normalized spacial score (nSPS) is 19.5. The fourth-order valence-electron chi connectivity index (χ4n) is 4.19. The van der Waals surface area contributed by atoms with Gasteiger partial charge < -0.3 is 15.5 Å². The number of hydrogen-bond donors (Lipinski definition) is 2. The standard InChI is InChI=1S/C22H27FN4O/c23-19-6-3-5-18(14-19)21-15-24-9-12-27(21)16-22(28)25-10-13-26-11-8-17-4-1-2-7-20(17)26/h1-7,14,21,24H,8-13,15-16H2,(H,25,28). The molecule has 5 nitrogen and oxygen atoms in total. The first kappa shape index (κ1) is 18.9. The van der Waals surface area contributed by atoms with Gasteiger partial charge >= 0.3 is 0 Å². The average Bonchev–Trinajstić information content (AvgIpc) is 3.12. The number of fused-ring (bicyclic) bond motifs is 1. The van der Waals surface area contributed by atoms with Crippen LogP contribution in [0.3, 0.4) is 0 Å². The van der Waals surface area contributed by atoms with E-state index >= 15 is 0 Å². The molecule has 2 aliphatic heterocycles. The molecule has 0 spiro atoms. The molecule has 0 aliphatic carbocycles. The summed E-state index contributed by atoms with van der Waals surface area (Å²) < 4.78 is 13.6. The molecule has 6 heteroatoms. The number of amides is 1. The summed E-state index contributed by atoms with van der Waals surface area (Å²) in [6.07, 6.45) is 1.07. The van der Waals surface area contributed by atoms with E-state index in [0.717, 1.165) is 44.7 Å². The van der Waals surface area contributed by atoms with Crippen LogP contribution in [0, 0.1) is 5.82 Å². The number of carbonyl (C=O) groups excluding carboxylic acids is 1. The minimum absolute atomic E-state index is 0.0145. The molecular formula is C22H27FN4O. The molecule has 2 aliphatic rings. The summed E-state index contributed by atoms with van der Waals surface area (Å²) in [5.74, 6) is -0.214. The van der Waals surface area contributed by atoms with Crippen molar-refractivity contribution < 1.29 is 9.18 Å². The van der Waals surface area contributed by atoms with Crippen LogP contribution in [0.25, 0.3) is 0 Å². The van der Waals surface area contributed by atoms with Crippen molar-refractivity contribution in [3.63, 3.8) is 0 Å². The number of benzene rings is 2. The largest absolute Gasteiger partial charge is 0.369 e. The molecule has 28 heavy (non-hydrogen) atoms. The zero-order valence-corrected chi connectivity index (χ0v) is 16.0. The van der Waals surface area contributed by atoms with Crippen LogP contribution in [0.4, 0.5) is 10.1 Å². The van der Waals surface area contributed by atoms with Gasteiger partial charge in [-0.3, -0.25) is 9.69 Å². The van der Waals surface area contributed by atoms with Gasteiger partial charge in [-0.1, -0.05) is 30.3 Å². The Morgan fingerprint density at radius 1 is 1.18 bits per heavy atom. The number of halogens is 1. The lowest BCUT2D eigenvalue weighted by Crippen LogP contribution is -2.50. The van der Waals surface area contributed by atoms with Crippen molar-refractivity contribution in [3.8, 4) is 0 Å². The van der Waals surface area contributed by atoms with Crippen LogP contribution in [0.15, 0.2) is 48.5 Å². The zero-order chi connectivity index (χ0) is 19.3. The molecule has 148 valence electrons. The van der Waals surface area contributed by atoms with Crippen molar-refractivity contribution in [1.82, 2.24) is 15.5 Å². The molecule has 1 saturated heterocycles. The Hall–Kier alpha value is -2.44. The Kier molecular flexibility index (Phi) is 5.88. The summed E-state index contributed by atoms with van der Waals surface area (Å²) in [6, 6.07) is 15.1. The molecule has 1 amide bonds. The van der Waals surface area contributed by atoms with Crippen molar-refractivity contribution in [3.05, 3.63) is 65.5 Å². The first-order chi connectivity index (χ1) is 13.7. The molecule has 0 aromatic heterocycles. The van der Waals surface area contributed by atoms with E-state index in [2.05, 4.69) is 44.7 Å². The lowest BCUT2D eigenvalue weighted by Gasteiger charge is -2.36. The monoisotopic (exact) mass is 382 g/mol. The maximum Gasteiger partial charge on any atom is 0.234 e. The summed E-state index contributed by atoms with van der Waals surface area (Å²) in [4.78, 5) is 17.0. The minimum Gasteiger partial charge on any atom is -0.369 e. The SMILES string of the molecule is O=C(CN1CCNCC1c1cccc(F)c1)NCCN1CCc2ccccc21. The Labute approximate surface area is 165 Å². The van der Waals surface area contributed by atoms with Gasteiger partial charge in [-0.2, -0.15) is 0 Å². The predicted octanol–water partition coefficient (Wildman–Crippen LogP) is 1.95. The van der Waals surface area contributed by atoms with Gasteiger partial charge in [0.25, 0.3) is 0 Å².